The number of hydrogen-bond donors (Lipinski definition) is 0. The van der Waals surface area contributed by atoms with E-state index >= 15 is 0 Å². The molecule has 0 spiro atoms. The smallest absolute Gasteiger partial charge is 0.323 e. The molecule has 0 aliphatic carbocycles. The first-order valence-corrected chi connectivity index (χ1v) is 6.68. The normalized spacial score (nSPS) is 36.2. The molecular formula is C15H19NO2. The predicted molar refractivity (Wildman–Crippen MR) is 69.0 cm³/mol. The van der Waals surface area contributed by atoms with Gasteiger partial charge >= 0.3 is 5.97 Å². The Labute approximate surface area is 108 Å². The first kappa shape index (κ1) is 11.7. The summed E-state index contributed by atoms with van der Waals surface area (Å²) in [7, 11) is 0. The van der Waals surface area contributed by atoms with Crippen molar-refractivity contribution in [2.45, 2.75) is 38.5 Å². The van der Waals surface area contributed by atoms with Crippen LogP contribution in [0.5, 0.6) is 0 Å². The van der Waals surface area contributed by atoms with E-state index in [-0.39, 0.29) is 18.1 Å². The highest BCUT2D eigenvalue weighted by molar-refractivity contribution is 5.78. The fourth-order valence-electron chi connectivity index (χ4n) is 3.23. The van der Waals surface area contributed by atoms with E-state index in [1.807, 2.05) is 13.0 Å². The van der Waals surface area contributed by atoms with Crippen molar-refractivity contribution in [1.82, 2.24) is 4.90 Å². The summed E-state index contributed by atoms with van der Waals surface area (Å²) in [5.41, 5.74) is 1.31. The fraction of sp³-hybridized carbons (Fsp3) is 0.533. The first-order valence-electron chi connectivity index (χ1n) is 6.68. The van der Waals surface area contributed by atoms with E-state index in [9.17, 15) is 4.79 Å². The molecule has 1 aromatic rings. The van der Waals surface area contributed by atoms with Gasteiger partial charge in [-0.05, 0) is 18.4 Å². The largest absolute Gasteiger partial charge is 0.461 e. The Hall–Kier alpha value is -1.35. The van der Waals surface area contributed by atoms with Gasteiger partial charge in [-0.15, -0.1) is 0 Å². The van der Waals surface area contributed by atoms with Crippen LogP contribution >= 0.6 is 0 Å². The second-order valence-electron chi connectivity index (χ2n) is 5.53. The summed E-state index contributed by atoms with van der Waals surface area (Å²) in [6, 6.07) is 10.8. The van der Waals surface area contributed by atoms with Crippen LogP contribution in [0.4, 0.5) is 0 Å². The van der Waals surface area contributed by atoms with Crippen LogP contribution in [-0.4, -0.2) is 29.6 Å². The zero-order valence-corrected chi connectivity index (χ0v) is 10.9. The van der Waals surface area contributed by atoms with Crippen LogP contribution in [-0.2, 0) is 9.53 Å². The lowest BCUT2D eigenvalue weighted by atomic mass is 9.83. The lowest BCUT2D eigenvalue weighted by Crippen LogP contribution is -2.54. The van der Waals surface area contributed by atoms with Crippen LogP contribution in [0, 0.1) is 5.92 Å². The summed E-state index contributed by atoms with van der Waals surface area (Å²) in [6.07, 6.45) is 0.893. The number of hydrogen-bond acceptors (Lipinski definition) is 3. The van der Waals surface area contributed by atoms with Gasteiger partial charge in [-0.2, -0.15) is 0 Å². The lowest BCUT2D eigenvalue weighted by molar-refractivity contribution is -0.148. The second-order valence-corrected chi connectivity index (χ2v) is 5.53. The third-order valence-electron chi connectivity index (χ3n) is 4.08. The Morgan fingerprint density at radius 3 is 2.50 bits per heavy atom. The van der Waals surface area contributed by atoms with Crippen molar-refractivity contribution in [3.05, 3.63) is 35.9 Å². The molecule has 3 nitrogen and oxygen atoms in total. The summed E-state index contributed by atoms with van der Waals surface area (Å²) in [6.45, 7) is 5.21. The minimum atomic E-state index is -0.0460. The van der Waals surface area contributed by atoms with Gasteiger partial charge in [0.2, 0.25) is 0 Å². The maximum Gasteiger partial charge on any atom is 0.323 e. The van der Waals surface area contributed by atoms with Gasteiger partial charge in [0, 0.05) is 19.0 Å². The molecule has 0 bridgehead atoms. The number of esters is 1. The third-order valence-corrected chi connectivity index (χ3v) is 4.08. The minimum Gasteiger partial charge on any atom is -0.461 e. The van der Waals surface area contributed by atoms with Crippen LogP contribution in [0.2, 0.25) is 0 Å². The van der Waals surface area contributed by atoms with E-state index in [4.69, 9.17) is 4.74 Å². The van der Waals surface area contributed by atoms with Crippen molar-refractivity contribution in [2.75, 3.05) is 6.54 Å². The average Bonchev–Trinajstić information content (AvgIpc) is 2.66. The molecular weight excluding hydrogens is 226 g/mol. The Kier molecular flexibility index (Phi) is 2.86. The van der Waals surface area contributed by atoms with Crippen molar-refractivity contribution in [3.63, 3.8) is 0 Å². The van der Waals surface area contributed by atoms with Gasteiger partial charge < -0.3 is 4.74 Å². The maximum absolute atomic E-state index is 11.8. The molecule has 2 aliphatic heterocycles. The lowest BCUT2D eigenvalue weighted by Gasteiger charge is -2.49. The number of carbonyl (C=O) groups excluding carboxylic acids is 1. The van der Waals surface area contributed by atoms with Crippen molar-refractivity contribution in [2.24, 2.45) is 5.92 Å². The first-order chi connectivity index (χ1) is 8.66. The highest BCUT2D eigenvalue weighted by Crippen LogP contribution is 2.42. The monoisotopic (exact) mass is 245 g/mol. The number of ether oxygens (including phenoxy) is 1. The van der Waals surface area contributed by atoms with Gasteiger partial charge in [-0.25, -0.2) is 0 Å². The topological polar surface area (TPSA) is 29.5 Å². The molecule has 4 atom stereocenters. The van der Waals surface area contributed by atoms with Gasteiger partial charge in [0.05, 0.1) is 0 Å². The average molecular weight is 245 g/mol. The van der Waals surface area contributed by atoms with Gasteiger partial charge in [-0.1, -0.05) is 37.3 Å². The van der Waals surface area contributed by atoms with E-state index in [2.05, 4.69) is 36.1 Å². The van der Waals surface area contributed by atoms with E-state index in [1.54, 1.807) is 0 Å². The molecule has 96 valence electrons. The number of nitrogens with zero attached hydrogens (tertiary/aromatic N) is 1. The van der Waals surface area contributed by atoms with Crippen LogP contribution in [0.3, 0.4) is 0 Å². The highest BCUT2D eigenvalue weighted by atomic mass is 16.6. The Bertz CT molecular complexity index is 445. The standard InChI is InChI=1S/C15H19NO2/c1-10-9-16(13-8-11(2)18-15(13)17)14(10)12-6-4-3-5-7-12/h3-7,10-11,13-14H,8-9H2,1-2H3/t10-,11-,13+,14+/m1/s1. The minimum absolute atomic E-state index is 0.0404. The molecule has 0 radical (unpaired) electrons. The molecule has 2 fully saturated rings. The second kappa shape index (κ2) is 4.39. The molecule has 2 aliphatic rings. The Morgan fingerprint density at radius 1 is 1.22 bits per heavy atom. The maximum atomic E-state index is 11.8. The van der Waals surface area contributed by atoms with Crippen molar-refractivity contribution >= 4 is 5.97 Å². The zero-order valence-electron chi connectivity index (χ0n) is 10.9. The quantitative estimate of drug-likeness (QED) is 0.749. The van der Waals surface area contributed by atoms with Gasteiger partial charge in [0.1, 0.15) is 12.1 Å². The van der Waals surface area contributed by atoms with Gasteiger partial charge in [0.25, 0.3) is 0 Å². The number of likely N-dealkylation sites (tertiary alicyclic amines) is 1. The Morgan fingerprint density at radius 2 is 1.94 bits per heavy atom. The van der Waals surface area contributed by atoms with Crippen LogP contribution in [0.15, 0.2) is 30.3 Å². The SMILES string of the molecule is C[C@@H]1C[C@H](N2C[C@@H](C)[C@H]2c2ccccc2)C(=O)O1. The van der Waals surface area contributed by atoms with Crippen molar-refractivity contribution in [3.8, 4) is 0 Å². The zero-order chi connectivity index (χ0) is 12.7. The van der Waals surface area contributed by atoms with Crippen LogP contribution < -0.4 is 0 Å². The van der Waals surface area contributed by atoms with Crippen LogP contribution in [0.25, 0.3) is 0 Å². The third kappa shape index (κ3) is 1.83. The van der Waals surface area contributed by atoms with E-state index in [0.717, 1.165) is 13.0 Å². The molecule has 2 heterocycles. The van der Waals surface area contributed by atoms with Crippen LogP contribution in [0.1, 0.15) is 31.9 Å². The van der Waals surface area contributed by atoms with E-state index < -0.39 is 0 Å². The number of carbonyl (C=O) groups is 1. The summed E-state index contributed by atoms with van der Waals surface area (Å²) in [5.74, 6) is 0.562. The van der Waals surface area contributed by atoms with Gasteiger partial charge in [-0.3, -0.25) is 9.69 Å². The molecule has 18 heavy (non-hydrogen) atoms. The van der Waals surface area contributed by atoms with E-state index in [0.29, 0.717) is 12.0 Å². The summed E-state index contributed by atoms with van der Waals surface area (Å²) >= 11 is 0. The summed E-state index contributed by atoms with van der Waals surface area (Å²) in [5, 5.41) is 0. The summed E-state index contributed by atoms with van der Waals surface area (Å²) < 4.78 is 5.27. The van der Waals surface area contributed by atoms with E-state index in [1.165, 1.54) is 5.56 Å². The number of benzene rings is 1. The molecule has 0 saturated carbocycles. The molecule has 0 amide bonds. The molecule has 1 aromatic carbocycles. The van der Waals surface area contributed by atoms with Crippen molar-refractivity contribution in [1.29, 1.82) is 0 Å². The van der Waals surface area contributed by atoms with Gasteiger partial charge in [0.15, 0.2) is 0 Å². The number of rotatable bonds is 2. The Balaban J connectivity index is 1.80. The molecule has 0 N–H and O–H groups in total. The molecule has 3 rings (SSSR count). The highest BCUT2D eigenvalue weighted by Gasteiger charge is 2.47. The fourth-order valence-corrected chi connectivity index (χ4v) is 3.23. The predicted octanol–water partition coefficient (Wildman–Crippen LogP) is 2.38. The molecule has 3 heteroatoms. The number of cyclic esters (lactones) is 1. The molecule has 0 aromatic heterocycles. The summed E-state index contributed by atoms with van der Waals surface area (Å²) in [4.78, 5) is 14.1. The molecule has 0 unspecified atom stereocenters. The van der Waals surface area contributed by atoms with Crippen molar-refractivity contribution < 1.29 is 9.53 Å². The molecule has 2 saturated heterocycles.